The van der Waals surface area contributed by atoms with E-state index in [2.05, 4.69) is 18.7 Å². The molecule has 0 aromatic rings. The molecule has 1 rings (SSSR count). The van der Waals surface area contributed by atoms with E-state index < -0.39 is 6.10 Å². The molecule has 1 fully saturated rings. The molecule has 1 heterocycles. The van der Waals surface area contributed by atoms with Crippen molar-refractivity contribution in [1.82, 2.24) is 9.80 Å². The molecule has 4 heteroatoms. The normalized spacial score (nSPS) is 23.9. The number of aliphatic hydroxyl groups is 1. The molecule has 0 aromatic carbocycles. The Hall–Kier alpha value is -0.610. The van der Waals surface area contributed by atoms with Crippen molar-refractivity contribution in [1.29, 1.82) is 0 Å². The average Bonchev–Trinajstić information content (AvgIpc) is 2.54. The van der Waals surface area contributed by atoms with Crippen LogP contribution in [0.3, 0.4) is 0 Å². The van der Waals surface area contributed by atoms with Crippen LogP contribution in [0.15, 0.2) is 0 Å². The SMILES string of the molecule is CCN(CC)CC(C)N1CC(O)CC1=O. The molecule has 1 amide bonds. The standard InChI is InChI=1S/C11H22N2O2/c1-4-12(5-2)7-9(3)13-8-10(14)6-11(13)15/h9-10,14H,4-8H2,1-3H3. The van der Waals surface area contributed by atoms with E-state index in [0.29, 0.717) is 13.0 Å². The number of likely N-dealkylation sites (N-methyl/N-ethyl adjacent to an activating group) is 1. The van der Waals surface area contributed by atoms with Crippen molar-refractivity contribution < 1.29 is 9.90 Å². The second-order valence-corrected chi connectivity index (χ2v) is 4.24. The molecule has 2 unspecified atom stereocenters. The summed E-state index contributed by atoms with van der Waals surface area (Å²) in [5.74, 6) is 0.0853. The molecule has 0 bridgehead atoms. The Balaban J connectivity index is 2.46. The fraction of sp³-hybridized carbons (Fsp3) is 0.909. The molecule has 0 saturated carbocycles. The summed E-state index contributed by atoms with van der Waals surface area (Å²) in [4.78, 5) is 15.6. The summed E-state index contributed by atoms with van der Waals surface area (Å²) in [6.45, 7) is 9.70. The first-order valence-corrected chi connectivity index (χ1v) is 5.78. The van der Waals surface area contributed by atoms with Crippen molar-refractivity contribution in [3.63, 3.8) is 0 Å². The van der Waals surface area contributed by atoms with Crippen LogP contribution in [0.25, 0.3) is 0 Å². The molecular formula is C11H22N2O2. The number of carbonyl (C=O) groups excluding carboxylic acids is 1. The number of hydrogen-bond donors (Lipinski definition) is 1. The number of hydrogen-bond acceptors (Lipinski definition) is 3. The Morgan fingerprint density at radius 1 is 1.53 bits per heavy atom. The first-order valence-electron chi connectivity index (χ1n) is 5.78. The van der Waals surface area contributed by atoms with E-state index >= 15 is 0 Å². The van der Waals surface area contributed by atoms with Crippen LogP contribution in [0.2, 0.25) is 0 Å². The summed E-state index contributed by atoms with van der Waals surface area (Å²) < 4.78 is 0. The van der Waals surface area contributed by atoms with Crippen molar-refractivity contribution >= 4 is 5.91 Å². The van der Waals surface area contributed by atoms with E-state index in [1.807, 2.05) is 6.92 Å². The summed E-state index contributed by atoms with van der Waals surface area (Å²) >= 11 is 0. The maximum absolute atomic E-state index is 11.5. The Bertz CT molecular complexity index is 217. The third kappa shape index (κ3) is 3.18. The van der Waals surface area contributed by atoms with Gasteiger partial charge in [-0.15, -0.1) is 0 Å². The van der Waals surface area contributed by atoms with Gasteiger partial charge in [0.25, 0.3) is 0 Å². The molecule has 0 aromatic heterocycles. The third-order valence-corrected chi connectivity index (χ3v) is 3.09. The number of nitrogens with zero attached hydrogens (tertiary/aromatic N) is 2. The fourth-order valence-electron chi connectivity index (χ4n) is 2.09. The van der Waals surface area contributed by atoms with Crippen LogP contribution in [0.4, 0.5) is 0 Å². The van der Waals surface area contributed by atoms with Gasteiger partial charge < -0.3 is 14.9 Å². The maximum atomic E-state index is 11.5. The number of aliphatic hydroxyl groups excluding tert-OH is 1. The molecule has 1 saturated heterocycles. The van der Waals surface area contributed by atoms with Gasteiger partial charge in [0, 0.05) is 19.1 Å². The molecule has 15 heavy (non-hydrogen) atoms. The second kappa shape index (κ2) is 5.47. The van der Waals surface area contributed by atoms with Crippen LogP contribution in [0, 0.1) is 0 Å². The summed E-state index contributed by atoms with van der Waals surface area (Å²) in [6, 6.07) is 0.203. The lowest BCUT2D eigenvalue weighted by atomic mass is 10.2. The van der Waals surface area contributed by atoms with Gasteiger partial charge in [0.15, 0.2) is 0 Å². The van der Waals surface area contributed by atoms with Gasteiger partial charge in [0.1, 0.15) is 0 Å². The first kappa shape index (κ1) is 12.5. The van der Waals surface area contributed by atoms with Gasteiger partial charge >= 0.3 is 0 Å². The number of likely N-dealkylation sites (tertiary alicyclic amines) is 1. The topological polar surface area (TPSA) is 43.8 Å². The summed E-state index contributed by atoms with van der Waals surface area (Å²) in [6.07, 6.45) is -0.167. The molecule has 0 radical (unpaired) electrons. The fourth-order valence-corrected chi connectivity index (χ4v) is 2.09. The van der Waals surface area contributed by atoms with Gasteiger partial charge in [-0.25, -0.2) is 0 Å². The van der Waals surface area contributed by atoms with Crippen molar-refractivity contribution in [2.24, 2.45) is 0 Å². The number of rotatable bonds is 5. The zero-order valence-electron chi connectivity index (χ0n) is 9.94. The van der Waals surface area contributed by atoms with Gasteiger partial charge in [-0.2, -0.15) is 0 Å². The maximum Gasteiger partial charge on any atom is 0.225 e. The Kier molecular flexibility index (Phi) is 4.54. The zero-order valence-corrected chi connectivity index (χ0v) is 9.94. The van der Waals surface area contributed by atoms with Crippen LogP contribution >= 0.6 is 0 Å². The van der Waals surface area contributed by atoms with E-state index in [4.69, 9.17) is 0 Å². The van der Waals surface area contributed by atoms with Gasteiger partial charge in [0.05, 0.1) is 12.5 Å². The van der Waals surface area contributed by atoms with Crippen molar-refractivity contribution in [2.45, 2.75) is 39.3 Å². The molecule has 0 aliphatic carbocycles. The lowest BCUT2D eigenvalue weighted by Gasteiger charge is -2.29. The molecule has 0 spiro atoms. The predicted molar refractivity (Wildman–Crippen MR) is 59.6 cm³/mol. The van der Waals surface area contributed by atoms with Crippen LogP contribution in [0.1, 0.15) is 27.2 Å². The minimum absolute atomic E-state index is 0.0853. The van der Waals surface area contributed by atoms with E-state index in [9.17, 15) is 9.90 Å². The van der Waals surface area contributed by atoms with Crippen LogP contribution in [-0.2, 0) is 4.79 Å². The molecule has 4 nitrogen and oxygen atoms in total. The Morgan fingerprint density at radius 2 is 2.13 bits per heavy atom. The van der Waals surface area contributed by atoms with Crippen LogP contribution in [-0.4, -0.2) is 59.1 Å². The minimum atomic E-state index is -0.461. The lowest BCUT2D eigenvalue weighted by Crippen LogP contribution is -2.43. The first-order chi connectivity index (χ1) is 7.08. The molecule has 1 N–H and O–H groups in total. The lowest BCUT2D eigenvalue weighted by molar-refractivity contribution is -0.129. The molecular weight excluding hydrogens is 192 g/mol. The van der Waals surface area contributed by atoms with Crippen LogP contribution < -0.4 is 0 Å². The van der Waals surface area contributed by atoms with E-state index in [1.165, 1.54) is 0 Å². The van der Waals surface area contributed by atoms with Crippen molar-refractivity contribution in [3.8, 4) is 0 Å². The Morgan fingerprint density at radius 3 is 2.53 bits per heavy atom. The molecule has 2 atom stereocenters. The zero-order chi connectivity index (χ0) is 11.4. The van der Waals surface area contributed by atoms with Gasteiger partial charge in [-0.05, 0) is 20.0 Å². The van der Waals surface area contributed by atoms with Gasteiger partial charge in [-0.3, -0.25) is 4.79 Å². The summed E-state index contributed by atoms with van der Waals surface area (Å²) in [5.41, 5.74) is 0. The molecule has 88 valence electrons. The molecule has 1 aliphatic rings. The largest absolute Gasteiger partial charge is 0.391 e. The predicted octanol–water partition coefficient (Wildman–Crippen LogP) is 0.310. The van der Waals surface area contributed by atoms with E-state index in [-0.39, 0.29) is 11.9 Å². The third-order valence-electron chi connectivity index (χ3n) is 3.09. The quantitative estimate of drug-likeness (QED) is 0.716. The van der Waals surface area contributed by atoms with Crippen LogP contribution in [0.5, 0.6) is 0 Å². The molecule has 1 aliphatic heterocycles. The summed E-state index contributed by atoms with van der Waals surface area (Å²) in [7, 11) is 0. The van der Waals surface area contributed by atoms with E-state index in [1.54, 1.807) is 4.90 Å². The second-order valence-electron chi connectivity index (χ2n) is 4.24. The number of amides is 1. The summed E-state index contributed by atoms with van der Waals surface area (Å²) in [5, 5.41) is 9.39. The average molecular weight is 214 g/mol. The minimum Gasteiger partial charge on any atom is -0.391 e. The van der Waals surface area contributed by atoms with Gasteiger partial charge in [0.2, 0.25) is 5.91 Å². The smallest absolute Gasteiger partial charge is 0.225 e. The highest BCUT2D eigenvalue weighted by atomic mass is 16.3. The van der Waals surface area contributed by atoms with Gasteiger partial charge in [-0.1, -0.05) is 13.8 Å². The van der Waals surface area contributed by atoms with Crippen molar-refractivity contribution in [2.75, 3.05) is 26.2 Å². The Labute approximate surface area is 91.9 Å². The highest BCUT2D eigenvalue weighted by Gasteiger charge is 2.31. The van der Waals surface area contributed by atoms with E-state index in [0.717, 1.165) is 19.6 Å². The highest BCUT2D eigenvalue weighted by molar-refractivity contribution is 5.79. The monoisotopic (exact) mass is 214 g/mol. The highest BCUT2D eigenvalue weighted by Crippen LogP contribution is 2.14. The number of β-amino-alcohol motifs (C(OH)–C–C–N with tert-alkyl or cyclic N) is 1. The number of carbonyl (C=O) groups is 1. The van der Waals surface area contributed by atoms with Crippen molar-refractivity contribution in [3.05, 3.63) is 0 Å².